The summed E-state index contributed by atoms with van der Waals surface area (Å²) in [5.41, 5.74) is 1.04. The van der Waals surface area contributed by atoms with E-state index in [1.807, 2.05) is 4.72 Å². The minimum absolute atomic E-state index is 0. The van der Waals surface area contributed by atoms with Gasteiger partial charge in [0.1, 0.15) is 11.0 Å². The number of amides is 2. The van der Waals surface area contributed by atoms with Gasteiger partial charge in [-0.2, -0.15) is 0 Å². The molecule has 1 aliphatic heterocycles. The van der Waals surface area contributed by atoms with Gasteiger partial charge in [-0.3, -0.25) is 5.32 Å². The molecule has 0 saturated carbocycles. The number of aryl methyl sites for hydroxylation is 2. The summed E-state index contributed by atoms with van der Waals surface area (Å²) in [6.45, 7) is 3.95. The van der Waals surface area contributed by atoms with E-state index >= 15 is 0 Å². The first-order valence-corrected chi connectivity index (χ1v) is 9.77. The molecule has 0 atom stereocenters. The fourth-order valence-corrected chi connectivity index (χ4v) is 3.56. The van der Waals surface area contributed by atoms with Crippen molar-refractivity contribution in [3.63, 3.8) is 0 Å². The number of nitrogens with zero attached hydrogens (tertiary/aromatic N) is 2. The van der Waals surface area contributed by atoms with Crippen molar-refractivity contribution in [1.29, 1.82) is 0 Å². The molecular weight excluding hydrogens is 585 g/mol. The van der Waals surface area contributed by atoms with Crippen LogP contribution in [0, 0.1) is 13.8 Å². The molecule has 10 nitrogen and oxygen atoms in total. The zero-order valence-electron chi connectivity index (χ0n) is 15.4. The molecular formula is C17H18AuN4O6S. The second-order valence-corrected chi connectivity index (χ2v) is 7.75. The predicted molar refractivity (Wildman–Crippen MR) is 97.3 cm³/mol. The third kappa shape index (κ3) is 5.84. The minimum atomic E-state index is -4.35. The first-order chi connectivity index (χ1) is 13.2. The van der Waals surface area contributed by atoms with Crippen LogP contribution in [-0.4, -0.2) is 49.7 Å². The van der Waals surface area contributed by atoms with Gasteiger partial charge in [0.05, 0.1) is 18.8 Å². The van der Waals surface area contributed by atoms with Crippen LogP contribution in [0.3, 0.4) is 0 Å². The summed E-state index contributed by atoms with van der Waals surface area (Å²) in [4.78, 5) is 32.0. The summed E-state index contributed by atoms with van der Waals surface area (Å²) in [6, 6.07) is 6.09. The number of carbonyl (C=O) groups excluding carboxylic acids is 2. The molecule has 1 fully saturated rings. The Hall–Kier alpha value is -2.31. The standard InChI is InChI=1S/C17H18N4O6S.Au/c1-10-7-11(2)19-16(18-10)20-17(23)21-28(24,25)14-6-4-3-5-13(14)15(22)27-12-8-26-9-12;/h3-7,12H,8-9H2,1-2H3,(H2,18,19,20,21,23);. The van der Waals surface area contributed by atoms with Crippen molar-refractivity contribution >= 4 is 28.0 Å². The molecule has 1 radical (unpaired) electrons. The second kappa shape index (κ2) is 9.46. The third-order valence-electron chi connectivity index (χ3n) is 3.71. The van der Waals surface area contributed by atoms with Crippen molar-refractivity contribution in [3.8, 4) is 0 Å². The molecule has 3 rings (SSSR count). The molecule has 0 bridgehead atoms. The van der Waals surface area contributed by atoms with E-state index in [2.05, 4.69) is 15.3 Å². The SMILES string of the molecule is Cc1cc(C)nc(NC(=O)NS(=O)(=O)c2ccccc2C(=O)OC2COC2)n1.[Au]. The van der Waals surface area contributed by atoms with E-state index in [1.54, 1.807) is 19.9 Å². The fraction of sp³-hybridized carbons (Fsp3) is 0.294. The molecule has 0 unspecified atom stereocenters. The van der Waals surface area contributed by atoms with E-state index in [-0.39, 0.29) is 52.0 Å². The summed E-state index contributed by atoms with van der Waals surface area (Å²) in [7, 11) is -4.35. The van der Waals surface area contributed by atoms with Crippen LogP contribution in [-0.2, 0) is 41.9 Å². The Morgan fingerprint density at radius 3 is 2.34 bits per heavy atom. The van der Waals surface area contributed by atoms with Gasteiger partial charge in [0.15, 0.2) is 0 Å². The zero-order valence-corrected chi connectivity index (χ0v) is 18.4. The molecule has 2 aromatic rings. The fourth-order valence-electron chi connectivity index (χ4n) is 2.45. The number of ether oxygens (including phenoxy) is 2. The van der Waals surface area contributed by atoms with Crippen LogP contribution < -0.4 is 10.0 Å². The zero-order chi connectivity index (χ0) is 20.3. The number of urea groups is 1. The largest absolute Gasteiger partial charge is 0.454 e. The van der Waals surface area contributed by atoms with E-state index in [0.29, 0.717) is 11.4 Å². The van der Waals surface area contributed by atoms with Gasteiger partial charge in [-0.1, -0.05) is 12.1 Å². The number of anilines is 1. The van der Waals surface area contributed by atoms with Crippen LogP contribution in [0.2, 0.25) is 0 Å². The van der Waals surface area contributed by atoms with Gasteiger partial charge < -0.3 is 9.47 Å². The number of hydrogen-bond donors (Lipinski definition) is 2. The minimum Gasteiger partial charge on any atom is -0.454 e. The molecule has 2 heterocycles. The van der Waals surface area contributed by atoms with Crippen molar-refractivity contribution in [2.24, 2.45) is 0 Å². The quantitative estimate of drug-likeness (QED) is 0.384. The maximum Gasteiger partial charge on any atom is 0.339 e. The van der Waals surface area contributed by atoms with Gasteiger partial charge in [-0.25, -0.2) is 32.7 Å². The maximum absolute atomic E-state index is 12.6. The van der Waals surface area contributed by atoms with Gasteiger partial charge in [-0.15, -0.1) is 0 Å². The van der Waals surface area contributed by atoms with E-state index in [0.717, 1.165) is 0 Å². The summed E-state index contributed by atoms with van der Waals surface area (Å²) < 4.78 is 37.2. The Morgan fingerprint density at radius 2 is 1.76 bits per heavy atom. The van der Waals surface area contributed by atoms with E-state index in [4.69, 9.17) is 9.47 Å². The van der Waals surface area contributed by atoms with E-state index < -0.39 is 28.1 Å². The molecule has 0 spiro atoms. The second-order valence-electron chi connectivity index (χ2n) is 6.09. The van der Waals surface area contributed by atoms with Gasteiger partial charge >= 0.3 is 12.0 Å². The van der Waals surface area contributed by atoms with E-state index in [9.17, 15) is 18.0 Å². The van der Waals surface area contributed by atoms with Crippen LogP contribution in [0.15, 0.2) is 35.2 Å². The average molecular weight is 603 g/mol. The number of benzene rings is 1. The molecule has 29 heavy (non-hydrogen) atoms. The van der Waals surface area contributed by atoms with Crippen LogP contribution in [0.4, 0.5) is 10.7 Å². The molecule has 159 valence electrons. The Kier molecular flexibility index (Phi) is 7.49. The van der Waals surface area contributed by atoms with Crippen molar-refractivity contribution in [3.05, 3.63) is 47.3 Å². The predicted octanol–water partition coefficient (Wildman–Crippen LogP) is 1.16. The number of esters is 1. The number of hydrogen-bond acceptors (Lipinski definition) is 8. The van der Waals surface area contributed by atoms with Crippen LogP contribution >= 0.6 is 0 Å². The molecule has 0 aliphatic carbocycles. The monoisotopic (exact) mass is 603 g/mol. The van der Waals surface area contributed by atoms with Gasteiger partial charge in [-0.05, 0) is 32.0 Å². The summed E-state index contributed by atoms with van der Waals surface area (Å²) in [6.07, 6.45) is -0.416. The molecule has 1 saturated heterocycles. The Morgan fingerprint density at radius 1 is 1.14 bits per heavy atom. The first-order valence-electron chi connectivity index (χ1n) is 8.28. The molecule has 1 aliphatic rings. The number of aromatic nitrogens is 2. The molecule has 1 aromatic carbocycles. The van der Waals surface area contributed by atoms with Crippen molar-refractivity contribution in [2.75, 3.05) is 18.5 Å². The van der Waals surface area contributed by atoms with Crippen molar-refractivity contribution in [1.82, 2.24) is 14.7 Å². The van der Waals surface area contributed by atoms with Crippen molar-refractivity contribution in [2.45, 2.75) is 24.8 Å². The number of rotatable bonds is 5. The summed E-state index contributed by atoms with van der Waals surface area (Å²) in [5.74, 6) is -0.852. The first kappa shape index (κ1) is 23.0. The molecule has 2 N–H and O–H groups in total. The van der Waals surface area contributed by atoms with Gasteiger partial charge in [0, 0.05) is 33.8 Å². The Balaban J connectivity index is 0.00000300. The number of sulfonamides is 1. The summed E-state index contributed by atoms with van der Waals surface area (Å²) in [5, 5.41) is 2.26. The molecule has 1 aromatic heterocycles. The number of carbonyl (C=O) groups is 2. The van der Waals surface area contributed by atoms with Gasteiger partial charge in [0.25, 0.3) is 10.0 Å². The third-order valence-corrected chi connectivity index (χ3v) is 5.10. The Labute approximate surface area is 183 Å². The van der Waals surface area contributed by atoms with E-state index in [1.165, 1.54) is 24.3 Å². The Bertz CT molecular complexity index is 1010. The van der Waals surface area contributed by atoms with Crippen molar-refractivity contribution < 1.29 is 49.9 Å². The van der Waals surface area contributed by atoms with Crippen LogP contribution in [0.1, 0.15) is 21.7 Å². The average Bonchev–Trinajstić information content (AvgIpc) is 2.56. The topological polar surface area (TPSA) is 137 Å². The normalized spacial score (nSPS) is 13.6. The maximum atomic E-state index is 12.6. The van der Waals surface area contributed by atoms with Crippen LogP contribution in [0.5, 0.6) is 0 Å². The van der Waals surface area contributed by atoms with Gasteiger partial charge in [0.2, 0.25) is 5.95 Å². The number of nitrogens with one attached hydrogen (secondary N) is 2. The summed E-state index contributed by atoms with van der Waals surface area (Å²) >= 11 is 0. The van der Waals surface area contributed by atoms with Crippen LogP contribution in [0.25, 0.3) is 0 Å². The molecule has 12 heteroatoms. The smallest absolute Gasteiger partial charge is 0.339 e. The molecule has 2 amide bonds.